The van der Waals surface area contributed by atoms with Gasteiger partial charge in [-0.15, -0.1) is 11.8 Å². The fourth-order valence-corrected chi connectivity index (χ4v) is 4.89. The van der Waals surface area contributed by atoms with Crippen LogP contribution in [-0.2, 0) is 18.4 Å². The number of nitrogens with zero attached hydrogens (tertiary/aromatic N) is 4. The van der Waals surface area contributed by atoms with Gasteiger partial charge in [0.15, 0.2) is 0 Å². The van der Waals surface area contributed by atoms with Crippen molar-refractivity contribution in [3.63, 3.8) is 0 Å². The molecule has 0 bridgehead atoms. The summed E-state index contributed by atoms with van der Waals surface area (Å²) >= 11 is 1.94. The van der Waals surface area contributed by atoms with Gasteiger partial charge in [-0.05, 0) is 18.1 Å². The van der Waals surface area contributed by atoms with Crippen LogP contribution in [0.5, 0.6) is 0 Å². The number of rotatable bonds is 4. The molecule has 1 spiro atoms. The monoisotopic (exact) mass is 344 g/mol. The lowest BCUT2D eigenvalue weighted by Gasteiger charge is -2.47. The number of thioether (sulfide) groups is 1. The molecule has 6 nitrogen and oxygen atoms in total. The van der Waals surface area contributed by atoms with Gasteiger partial charge in [-0.25, -0.2) is 0 Å². The molecule has 0 aliphatic carbocycles. The van der Waals surface area contributed by atoms with Crippen molar-refractivity contribution >= 4 is 17.7 Å². The van der Waals surface area contributed by atoms with Crippen molar-refractivity contribution in [2.24, 2.45) is 7.05 Å². The van der Waals surface area contributed by atoms with Crippen molar-refractivity contribution in [1.82, 2.24) is 19.7 Å². The second kappa shape index (κ2) is 6.22. The number of hydrogen-bond donors (Lipinski definition) is 0. The van der Waals surface area contributed by atoms with Crippen LogP contribution in [-0.4, -0.2) is 55.3 Å². The van der Waals surface area contributed by atoms with E-state index in [4.69, 9.17) is 4.74 Å². The number of likely N-dealkylation sites (tertiary alicyclic amines) is 1. The van der Waals surface area contributed by atoms with E-state index in [1.165, 1.54) is 0 Å². The maximum atomic E-state index is 12.4. The van der Waals surface area contributed by atoms with Crippen LogP contribution in [0.1, 0.15) is 22.3 Å². The minimum Gasteiger partial charge on any atom is -0.373 e. The van der Waals surface area contributed by atoms with Gasteiger partial charge < -0.3 is 9.64 Å². The smallest absolute Gasteiger partial charge is 0.257 e. The van der Waals surface area contributed by atoms with Gasteiger partial charge in [0.2, 0.25) is 0 Å². The summed E-state index contributed by atoms with van der Waals surface area (Å²) in [7, 11) is 1.82. The number of pyridine rings is 1. The standard InChI is InChI=1S/C17H20N4O2S/c1-20-8-14(7-19-20)16(22)21-11-17(12-21)5-15(10-24-17)23-9-13-3-2-4-18-6-13/h2-4,6-8,15H,5,9-12H2,1H3/t15-/m1/s1. The summed E-state index contributed by atoms with van der Waals surface area (Å²) in [6, 6.07) is 3.96. The molecule has 2 aliphatic rings. The van der Waals surface area contributed by atoms with Crippen LogP contribution in [0.2, 0.25) is 0 Å². The first-order chi connectivity index (χ1) is 11.6. The maximum absolute atomic E-state index is 12.4. The quantitative estimate of drug-likeness (QED) is 0.845. The Kier molecular flexibility index (Phi) is 4.05. The molecular formula is C17H20N4O2S. The molecule has 2 aliphatic heterocycles. The van der Waals surface area contributed by atoms with Crippen LogP contribution in [0, 0.1) is 0 Å². The molecule has 2 aromatic heterocycles. The Morgan fingerprint density at radius 2 is 2.33 bits per heavy atom. The molecule has 0 aromatic carbocycles. The van der Waals surface area contributed by atoms with Crippen molar-refractivity contribution in [2.45, 2.75) is 23.9 Å². The Balaban J connectivity index is 1.28. The molecule has 0 unspecified atom stereocenters. The Morgan fingerprint density at radius 1 is 1.46 bits per heavy atom. The largest absolute Gasteiger partial charge is 0.373 e. The minimum atomic E-state index is 0.0778. The SMILES string of the molecule is Cn1cc(C(=O)N2CC3(C[C@@H](OCc4cccnc4)CS3)C2)cn1. The maximum Gasteiger partial charge on any atom is 0.257 e. The molecule has 1 amide bonds. The molecule has 126 valence electrons. The highest BCUT2D eigenvalue weighted by atomic mass is 32.2. The minimum absolute atomic E-state index is 0.0778. The average molecular weight is 344 g/mol. The summed E-state index contributed by atoms with van der Waals surface area (Å²) < 4.78 is 7.87. The lowest BCUT2D eigenvalue weighted by atomic mass is 9.92. The number of hydrogen-bond acceptors (Lipinski definition) is 5. The third-order valence-corrected chi connectivity index (χ3v) is 6.16. The van der Waals surface area contributed by atoms with Crippen LogP contribution in [0.3, 0.4) is 0 Å². The number of aromatic nitrogens is 3. The summed E-state index contributed by atoms with van der Waals surface area (Å²) in [6.45, 7) is 2.21. The third-order valence-electron chi connectivity index (χ3n) is 4.58. The number of ether oxygens (including phenoxy) is 1. The molecule has 24 heavy (non-hydrogen) atoms. The number of aryl methyl sites for hydroxylation is 1. The summed E-state index contributed by atoms with van der Waals surface area (Å²) in [6.07, 6.45) is 8.28. The van der Waals surface area contributed by atoms with E-state index in [9.17, 15) is 4.79 Å². The van der Waals surface area contributed by atoms with E-state index in [1.54, 1.807) is 23.3 Å². The topological polar surface area (TPSA) is 60.2 Å². The Bertz CT molecular complexity index is 727. The van der Waals surface area contributed by atoms with Crippen molar-refractivity contribution < 1.29 is 9.53 Å². The fourth-order valence-electron chi connectivity index (χ4n) is 3.33. The van der Waals surface area contributed by atoms with Crippen LogP contribution >= 0.6 is 11.8 Å². The zero-order valence-electron chi connectivity index (χ0n) is 13.6. The molecule has 1 atom stereocenters. The summed E-state index contributed by atoms with van der Waals surface area (Å²) in [5.41, 5.74) is 1.77. The molecular weight excluding hydrogens is 324 g/mol. The average Bonchev–Trinajstić information content (AvgIpc) is 3.18. The molecule has 4 heterocycles. The van der Waals surface area contributed by atoms with Gasteiger partial charge in [-0.3, -0.25) is 14.5 Å². The van der Waals surface area contributed by atoms with Crippen molar-refractivity contribution in [1.29, 1.82) is 0 Å². The highest BCUT2D eigenvalue weighted by Gasteiger charge is 2.51. The van der Waals surface area contributed by atoms with Crippen LogP contribution < -0.4 is 0 Å². The van der Waals surface area contributed by atoms with E-state index in [2.05, 4.69) is 10.1 Å². The highest BCUT2D eigenvalue weighted by molar-refractivity contribution is 8.01. The van der Waals surface area contributed by atoms with Crippen molar-refractivity contribution in [3.05, 3.63) is 48.0 Å². The molecule has 4 rings (SSSR count). The van der Waals surface area contributed by atoms with E-state index < -0.39 is 0 Å². The van der Waals surface area contributed by atoms with E-state index >= 15 is 0 Å². The molecule has 7 heteroatoms. The van der Waals surface area contributed by atoms with Gasteiger partial charge in [-0.2, -0.15) is 5.10 Å². The zero-order chi connectivity index (χ0) is 16.6. The summed E-state index contributed by atoms with van der Waals surface area (Å²) in [5, 5.41) is 4.07. The summed E-state index contributed by atoms with van der Waals surface area (Å²) in [4.78, 5) is 18.4. The van der Waals surface area contributed by atoms with Crippen LogP contribution in [0.4, 0.5) is 0 Å². The Labute approximate surface area is 145 Å². The van der Waals surface area contributed by atoms with E-state index in [-0.39, 0.29) is 16.8 Å². The Hall–Kier alpha value is -1.86. The van der Waals surface area contributed by atoms with Gasteiger partial charge in [-0.1, -0.05) is 6.07 Å². The lowest BCUT2D eigenvalue weighted by molar-refractivity contribution is 0.0254. The Morgan fingerprint density at radius 3 is 3.04 bits per heavy atom. The van der Waals surface area contributed by atoms with Crippen molar-refractivity contribution in [3.8, 4) is 0 Å². The molecule has 2 saturated heterocycles. The first kappa shape index (κ1) is 15.7. The first-order valence-corrected chi connectivity index (χ1v) is 9.05. The fraction of sp³-hybridized carbons (Fsp3) is 0.471. The number of carbonyl (C=O) groups is 1. The van der Waals surface area contributed by atoms with Gasteiger partial charge in [0.05, 0.1) is 29.2 Å². The molecule has 2 aromatic rings. The molecule has 0 saturated carbocycles. The van der Waals surface area contributed by atoms with Gasteiger partial charge in [0.25, 0.3) is 5.91 Å². The first-order valence-electron chi connectivity index (χ1n) is 8.06. The van der Waals surface area contributed by atoms with Gasteiger partial charge >= 0.3 is 0 Å². The predicted octanol–water partition coefficient (Wildman–Crippen LogP) is 1.73. The van der Waals surface area contributed by atoms with Crippen molar-refractivity contribution in [2.75, 3.05) is 18.8 Å². The van der Waals surface area contributed by atoms with E-state index in [0.717, 1.165) is 30.8 Å². The predicted molar refractivity (Wildman–Crippen MR) is 91.7 cm³/mol. The molecule has 2 fully saturated rings. The molecule has 0 N–H and O–H groups in total. The van der Waals surface area contributed by atoms with Gasteiger partial charge in [0, 0.05) is 44.5 Å². The normalized spacial score (nSPS) is 21.9. The van der Waals surface area contributed by atoms with Crippen LogP contribution in [0.15, 0.2) is 36.9 Å². The van der Waals surface area contributed by atoms with E-state index in [0.29, 0.717) is 12.2 Å². The van der Waals surface area contributed by atoms with E-state index in [1.807, 2.05) is 42.0 Å². The second-order valence-electron chi connectivity index (χ2n) is 6.56. The van der Waals surface area contributed by atoms with Crippen LogP contribution in [0.25, 0.3) is 0 Å². The number of amides is 1. The zero-order valence-corrected chi connectivity index (χ0v) is 14.4. The summed E-state index contributed by atoms with van der Waals surface area (Å²) in [5.74, 6) is 1.07. The molecule has 0 radical (unpaired) electrons. The second-order valence-corrected chi connectivity index (χ2v) is 8.04. The highest BCUT2D eigenvalue weighted by Crippen LogP contribution is 2.46. The third kappa shape index (κ3) is 3.06. The number of carbonyl (C=O) groups excluding carboxylic acids is 1. The van der Waals surface area contributed by atoms with Gasteiger partial charge in [0.1, 0.15) is 0 Å². The lowest BCUT2D eigenvalue weighted by Crippen LogP contribution is -2.60.